The van der Waals surface area contributed by atoms with E-state index in [4.69, 9.17) is 18.0 Å². The molecule has 0 spiro atoms. The third-order valence-electron chi connectivity index (χ3n) is 2.84. The van der Waals surface area contributed by atoms with Crippen molar-refractivity contribution in [1.29, 1.82) is 0 Å². The lowest BCUT2D eigenvalue weighted by atomic mass is 10.2. The van der Waals surface area contributed by atoms with Crippen molar-refractivity contribution in [3.8, 4) is 0 Å². The predicted molar refractivity (Wildman–Crippen MR) is 85.9 cm³/mol. The molecular formula is C14H17N3S2. The molecule has 100 valence electrons. The third kappa shape index (κ3) is 3.52. The first-order chi connectivity index (χ1) is 9.10. The molecule has 3 N–H and O–H groups in total. The van der Waals surface area contributed by atoms with E-state index in [1.807, 2.05) is 30.5 Å². The molecule has 3 nitrogen and oxygen atoms in total. The van der Waals surface area contributed by atoms with Crippen LogP contribution in [-0.2, 0) is 6.42 Å². The quantitative estimate of drug-likeness (QED) is 0.828. The van der Waals surface area contributed by atoms with Crippen molar-refractivity contribution in [2.45, 2.75) is 26.3 Å². The Hall–Kier alpha value is -1.46. The van der Waals surface area contributed by atoms with Gasteiger partial charge in [-0.2, -0.15) is 0 Å². The second kappa shape index (κ2) is 6.12. The maximum atomic E-state index is 5.58. The molecule has 2 aromatic rings. The molecule has 1 heterocycles. The molecule has 5 heteroatoms. The van der Waals surface area contributed by atoms with Gasteiger partial charge in [0.05, 0.1) is 6.04 Å². The number of hydrogen-bond acceptors (Lipinski definition) is 4. The van der Waals surface area contributed by atoms with Gasteiger partial charge in [0, 0.05) is 22.3 Å². The standard InChI is InChI=1S/C14H17N3S2/c1-3-12-8-16-14(19-12)9(2)17-11-6-4-10(5-7-11)13(15)18/h4-9,17H,3H2,1-2H3,(H2,15,18). The maximum Gasteiger partial charge on any atom is 0.115 e. The van der Waals surface area contributed by atoms with E-state index < -0.39 is 0 Å². The van der Waals surface area contributed by atoms with Crippen LogP contribution < -0.4 is 11.1 Å². The summed E-state index contributed by atoms with van der Waals surface area (Å²) in [7, 11) is 0. The van der Waals surface area contributed by atoms with Crippen molar-refractivity contribution in [3.05, 3.63) is 45.9 Å². The molecule has 1 unspecified atom stereocenters. The number of thiazole rings is 1. The first kappa shape index (κ1) is 14.0. The Morgan fingerprint density at radius 1 is 1.42 bits per heavy atom. The van der Waals surface area contributed by atoms with Crippen LogP contribution in [0.1, 0.15) is 35.3 Å². The van der Waals surface area contributed by atoms with Crippen LogP contribution in [0.3, 0.4) is 0 Å². The lowest BCUT2D eigenvalue weighted by molar-refractivity contribution is 0.869. The Bertz CT molecular complexity index is 560. The van der Waals surface area contributed by atoms with Crippen LogP contribution in [-0.4, -0.2) is 9.97 Å². The molecule has 0 aliphatic rings. The largest absolute Gasteiger partial charge is 0.389 e. The van der Waals surface area contributed by atoms with Crippen molar-refractivity contribution >= 4 is 34.2 Å². The summed E-state index contributed by atoms with van der Waals surface area (Å²) in [5, 5.41) is 4.53. The molecule has 0 radical (unpaired) electrons. The van der Waals surface area contributed by atoms with Gasteiger partial charge in [-0.1, -0.05) is 19.1 Å². The number of nitrogens with one attached hydrogen (secondary N) is 1. The number of rotatable bonds is 5. The minimum absolute atomic E-state index is 0.195. The first-order valence-corrected chi connectivity index (χ1v) is 7.43. The molecule has 0 fully saturated rings. The van der Waals surface area contributed by atoms with E-state index >= 15 is 0 Å². The molecule has 19 heavy (non-hydrogen) atoms. The van der Waals surface area contributed by atoms with Gasteiger partial charge in [-0.05, 0) is 37.6 Å². The lowest BCUT2D eigenvalue weighted by Gasteiger charge is -2.13. The number of thiocarbonyl (C=S) groups is 1. The summed E-state index contributed by atoms with van der Waals surface area (Å²) >= 11 is 6.69. The predicted octanol–water partition coefficient (Wildman–Crippen LogP) is 3.51. The van der Waals surface area contributed by atoms with Crippen LogP contribution in [0.2, 0.25) is 0 Å². The van der Waals surface area contributed by atoms with E-state index in [1.165, 1.54) is 4.88 Å². The van der Waals surface area contributed by atoms with Crippen molar-refractivity contribution in [2.24, 2.45) is 5.73 Å². The normalized spacial score (nSPS) is 12.1. The minimum Gasteiger partial charge on any atom is -0.389 e. The molecule has 0 aliphatic heterocycles. The minimum atomic E-state index is 0.195. The number of nitrogens with zero attached hydrogens (tertiary/aromatic N) is 1. The van der Waals surface area contributed by atoms with Crippen LogP contribution in [0.4, 0.5) is 5.69 Å². The lowest BCUT2D eigenvalue weighted by Crippen LogP contribution is -2.10. The molecule has 2 rings (SSSR count). The molecule has 0 saturated carbocycles. The molecule has 1 aromatic carbocycles. The number of anilines is 1. The number of nitrogens with two attached hydrogens (primary N) is 1. The molecule has 0 aliphatic carbocycles. The molecule has 0 saturated heterocycles. The molecular weight excluding hydrogens is 274 g/mol. The number of benzene rings is 1. The fourth-order valence-corrected chi connectivity index (χ4v) is 2.72. The highest BCUT2D eigenvalue weighted by molar-refractivity contribution is 7.80. The second-order valence-electron chi connectivity index (χ2n) is 4.33. The average Bonchev–Trinajstić information content (AvgIpc) is 2.88. The van der Waals surface area contributed by atoms with E-state index in [0.29, 0.717) is 4.99 Å². The third-order valence-corrected chi connectivity index (χ3v) is 4.40. The Morgan fingerprint density at radius 3 is 2.63 bits per heavy atom. The summed E-state index contributed by atoms with van der Waals surface area (Å²) in [5.74, 6) is 0. The Balaban J connectivity index is 2.05. The fourth-order valence-electron chi connectivity index (χ4n) is 1.73. The smallest absolute Gasteiger partial charge is 0.115 e. The molecule has 1 atom stereocenters. The first-order valence-electron chi connectivity index (χ1n) is 6.21. The highest BCUT2D eigenvalue weighted by Gasteiger charge is 2.09. The van der Waals surface area contributed by atoms with Crippen LogP contribution in [0.5, 0.6) is 0 Å². The maximum absolute atomic E-state index is 5.58. The van der Waals surface area contributed by atoms with E-state index in [9.17, 15) is 0 Å². The van der Waals surface area contributed by atoms with Gasteiger partial charge in [-0.25, -0.2) is 4.98 Å². The summed E-state index contributed by atoms with van der Waals surface area (Å²) < 4.78 is 0. The molecule has 0 bridgehead atoms. The molecule has 1 aromatic heterocycles. The molecule has 0 amide bonds. The van der Waals surface area contributed by atoms with Crippen molar-refractivity contribution in [1.82, 2.24) is 4.98 Å². The SMILES string of the molecule is CCc1cnc(C(C)Nc2ccc(C(N)=S)cc2)s1. The topological polar surface area (TPSA) is 50.9 Å². The summed E-state index contributed by atoms with van der Waals surface area (Å²) in [6.45, 7) is 4.25. The van der Waals surface area contributed by atoms with Gasteiger partial charge in [0.2, 0.25) is 0 Å². The summed E-state index contributed by atoms with van der Waals surface area (Å²) in [4.78, 5) is 6.18. The van der Waals surface area contributed by atoms with Gasteiger partial charge in [-0.3, -0.25) is 0 Å². The summed E-state index contributed by atoms with van der Waals surface area (Å²) in [6.07, 6.45) is 2.99. The van der Waals surface area contributed by atoms with Gasteiger partial charge in [0.15, 0.2) is 0 Å². The Labute approximate surface area is 122 Å². The van der Waals surface area contributed by atoms with Crippen LogP contribution in [0.25, 0.3) is 0 Å². The van der Waals surface area contributed by atoms with Gasteiger partial charge in [-0.15, -0.1) is 11.3 Å². The van der Waals surface area contributed by atoms with Crippen LogP contribution in [0.15, 0.2) is 30.5 Å². The van der Waals surface area contributed by atoms with E-state index in [-0.39, 0.29) is 6.04 Å². The van der Waals surface area contributed by atoms with Crippen molar-refractivity contribution in [2.75, 3.05) is 5.32 Å². The average molecular weight is 291 g/mol. The number of aromatic nitrogens is 1. The van der Waals surface area contributed by atoms with Crippen molar-refractivity contribution < 1.29 is 0 Å². The monoisotopic (exact) mass is 291 g/mol. The summed E-state index contributed by atoms with van der Waals surface area (Å²) in [6, 6.07) is 8.02. The zero-order valence-corrected chi connectivity index (χ0v) is 12.6. The number of hydrogen-bond donors (Lipinski definition) is 2. The second-order valence-corrected chi connectivity index (χ2v) is 5.91. The highest BCUT2D eigenvalue weighted by atomic mass is 32.1. The van der Waals surface area contributed by atoms with Gasteiger partial charge >= 0.3 is 0 Å². The zero-order valence-electron chi connectivity index (χ0n) is 11.0. The summed E-state index contributed by atoms with van der Waals surface area (Å²) in [5.41, 5.74) is 7.50. The van der Waals surface area contributed by atoms with E-state index in [2.05, 4.69) is 24.1 Å². The van der Waals surface area contributed by atoms with Gasteiger partial charge < -0.3 is 11.1 Å². The fraction of sp³-hybridized carbons (Fsp3) is 0.286. The van der Waals surface area contributed by atoms with Crippen LogP contribution >= 0.6 is 23.6 Å². The van der Waals surface area contributed by atoms with Crippen LogP contribution in [0, 0.1) is 0 Å². The van der Waals surface area contributed by atoms with Gasteiger partial charge in [0.25, 0.3) is 0 Å². The number of aryl methyl sites for hydroxylation is 1. The van der Waals surface area contributed by atoms with E-state index in [1.54, 1.807) is 11.3 Å². The zero-order chi connectivity index (χ0) is 13.8. The van der Waals surface area contributed by atoms with Gasteiger partial charge in [0.1, 0.15) is 10.00 Å². The highest BCUT2D eigenvalue weighted by Crippen LogP contribution is 2.24. The Morgan fingerprint density at radius 2 is 2.11 bits per heavy atom. The van der Waals surface area contributed by atoms with Crippen molar-refractivity contribution in [3.63, 3.8) is 0 Å². The van der Waals surface area contributed by atoms with E-state index in [0.717, 1.165) is 22.7 Å². The Kier molecular flexibility index (Phi) is 4.50.